The Labute approximate surface area is 169 Å². The molecule has 0 aliphatic heterocycles. The van der Waals surface area contributed by atoms with Gasteiger partial charge < -0.3 is 19.8 Å². The maximum atomic E-state index is 12.7. The van der Waals surface area contributed by atoms with Crippen LogP contribution in [-0.4, -0.2) is 25.5 Å². The molecule has 0 fully saturated rings. The largest absolute Gasteiger partial charge is 0.497 e. The van der Waals surface area contributed by atoms with Gasteiger partial charge in [0.05, 0.1) is 13.4 Å². The molecule has 0 atom stereocenters. The van der Waals surface area contributed by atoms with Crippen LogP contribution in [0.15, 0.2) is 83.1 Å². The summed E-state index contributed by atoms with van der Waals surface area (Å²) in [5.41, 5.74) is 2.00. The molecule has 0 spiro atoms. The van der Waals surface area contributed by atoms with Gasteiger partial charge in [-0.05, 0) is 47.9 Å². The lowest BCUT2D eigenvalue weighted by molar-refractivity contribution is -0.117. The van der Waals surface area contributed by atoms with E-state index in [0.29, 0.717) is 18.7 Å². The van der Waals surface area contributed by atoms with Gasteiger partial charge in [0.25, 0.3) is 11.8 Å². The van der Waals surface area contributed by atoms with Gasteiger partial charge in [-0.2, -0.15) is 0 Å². The van der Waals surface area contributed by atoms with E-state index >= 15 is 0 Å². The van der Waals surface area contributed by atoms with Crippen LogP contribution in [0.3, 0.4) is 0 Å². The minimum Gasteiger partial charge on any atom is -0.497 e. The third-order valence-electron chi connectivity index (χ3n) is 4.21. The average Bonchev–Trinajstić information content (AvgIpc) is 3.29. The molecule has 3 aromatic rings. The quantitative estimate of drug-likeness (QED) is 0.578. The lowest BCUT2D eigenvalue weighted by Crippen LogP contribution is -2.35. The third kappa shape index (κ3) is 5.84. The number of amides is 2. The summed E-state index contributed by atoms with van der Waals surface area (Å²) < 4.78 is 10.3. The first kappa shape index (κ1) is 19.9. The fraction of sp³-hybridized carbons (Fsp3) is 0.130. The Morgan fingerprint density at radius 2 is 1.76 bits per heavy atom. The Morgan fingerprint density at radius 1 is 1.00 bits per heavy atom. The predicted molar refractivity (Wildman–Crippen MR) is 110 cm³/mol. The zero-order valence-corrected chi connectivity index (χ0v) is 16.1. The molecule has 6 nitrogen and oxygen atoms in total. The van der Waals surface area contributed by atoms with Gasteiger partial charge in [0, 0.05) is 6.54 Å². The number of nitrogens with one attached hydrogen (secondary N) is 2. The number of hydrogen-bond acceptors (Lipinski definition) is 4. The van der Waals surface area contributed by atoms with Crippen molar-refractivity contribution in [3.63, 3.8) is 0 Å². The van der Waals surface area contributed by atoms with E-state index in [-0.39, 0.29) is 17.4 Å². The highest BCUT2D eigenvalue weighted by Crippen LogP contribution is 2.14. The van der Waals surface area contributed by atoms with Gasteiger partial charge in [-0.3, -0.25) is 9.59 Å². The molecule has 3 rings (SSSR count). The summed E-state index contributed by atoms with van der Waals surface area (Å²) >= 11 is 0. The van der Waals surface area contributed by atoms with Gasteiger partial charge in [-0.1, -0.05) is 42.5 Å². The fourth-order valence-corrected chi connectivity index (χ4v) is 2.68. The van der Waals surface area contributed by atoms with Crippen molar-refractivity contribution in [2.24, 2.45) is 0 Å². The Bertz CT molecular complexity index is 962. The molecule has 0 aliphatic rings. The number of carbonyl (C=O) groups excluding carboxylic acids is 2. The minimum atomic E-state index is -0.493. The van der Waals surface area contributed by atoms with Gasteiger partial charge in [0.15, 0.2) is 5.76 Å². The molecule has 0 unspecified atom stereocenters. The van der Waals surface area contributed by atoms with E-state index in [1.165, 1.54) is 12.3 Å². The number of methoxy groups -OCH3 is 1. The molecule has 2 aromatic carbocycles. The van der Waals surface area contributed by atoms with Crippen molar-refractivity contribution in [2.45, 2.75) is 6.42 Å². The number of rotatable bonds is 8. The standard InChI is InChI=1S/C23H22N2O4/c1-28-19-11-9-18(10-12-19)16-20(25-23(27)21-8-5-15-29-21)22(26)24-14-13-17-6-3-2-4-7-17/h2-12,15-16H,13-14H2,1H3,(H,24,26)(H,25,27)/b20-16-. The molecular weight excluding hydrogens is 368 g/mol. The molecule has 1 heterocycles. The summed E-state index contributed by atoms with van der Waals surface area (Å²) in [6.07, 6.45) is 3.70. The first-order chi connectivity index (χ1) is 14.2. The molecule has 0 bridgehead atoms. The smallest absolute Gasteiger partial charge is 0.291 e. The summed E-state index contributed by atoms with van der Waals surface area (Å²) in [6.45, 7) is 0.444. The summed E-state index contributed by atoms with van der Waals surface area (Å²) in [5, 5.41) is 5.48. The van der Waals surface area contributed by atoms with Crippen LogP contribution in [0, 0.1) is 0 Å². The van der Waals surface area contributed by atoms with E-state index in [0.717, 1.165) is 11.1 Å². The van der Waals surface area contributed by atoms with Crippen LogP contribution in [0.5, 0.6) is 5.75 Å². The SMILES string of the molecule is COc1ccc(/C=C(\NC(=O)c2ccco2)C(=O)NCCc2ccccc2)cc1. The molecule has 2 N–H and O–H groups in total. The van der Waals surface area contributed by atoms with E-state index in [4.69, 9.17) is 9.15 Å². The molecule has 2 amide bonds. The molecular formula is C23H22N2O4. The topological polar surface area (TPSA) is 80.6 Å². The third-order valence-corrected chi connectivity index (χ3v) is 4.21. The first-order valence-corrected chi connectivity index (χ1v) is 9.18. The fourth-order valence-electron chi connectivity index (χ4n) is 2.68. The lowest BCUT2D eigenvalue weighted by atomic mass is 10.1. The monoisotopic (exact) mass is 390 g/mol. The molecule has 0 aliphatic carbocycles. The summed E-state index contributed by atoms with van der Waals surface area (Å²) in [4.78, 5) is 25.1. The minimum absolute atomic E-state index is 0.128. The van der Waals surface area contributed by atoms with Crippen molar-refractivity contribution < 1.29 is 18.7 Å². The zero-order chi connectivity index (χ0) is 20.5. The molecule has 148 valence electrons. The van der Waals surface area contributed by atoms with Crippen LogP contribution in [0.4, 0.5) is 0 Å². The first-order valence-electron chi connectivity index (χ1n) is 9.18. The van der Waals surface area contributed by atoms with Crippen LogP contribution in [0.1, 0.15) is 21.7 Å². The lowest BCUT2D eigenvalue weighted by Gasteiger charge is -2.11. The van der Waals surface area contributed by atoms with Crippen LogP contribution in [0.25, 0.3) is 6.08 Å². The van der Waals surface area contributed by atoms with Gasteiger partial charge >= 0.3 is 0 Å². The highest BCUT2D eigenvalue weighted by Gasteiger charge is 2.16. The normalized spacial score (nSPS) is 11.0. The van der Waals surface area contributed by atoms with E-state index < -0.39 is 5.91 Å². The van der Waals surface area contributed by atoms with Crippen molar-refractivity contribution >= 4 is 17.9 Å². The second-order valence-electron chi connectivity index (χ2n) is 6.25. The van der Waals surface area contributed by atoms with Crippen molar-refractivity contribution in [3.8, 4) is 5.75 Å². The number of ether oxygens (including phenoxy) is 1. The number of hydrogen-bond donors (Lipinski definition) is 2. The van der Waals surface area contributed by atoms with E-state index in [9.17, 15) is 9.59 Å². The molecule has 29 heavy (non-hydrogen) atoms. The highest BCUT2D eigenvalue weighted by molar-refractivity contribution is 6.04. The van der Waals surface area contributed by atoms with Crippen LogP contribution in [-0.2, 0) is 11.2 Å². The summed E-state index contributed by atoms with van der Waals surface area (Å²) in [5.74, 6) is -0.0389. The summed E-state index contributed by atoms with van der Waals surface area (Å²) in [7, 11) is 1.58. The Morgan fingerprint density at radius 3 is 2.41 bits per heavy atom. The number of benzene rings is 2. The van der Waals surface area contributed by atoms with E-state index in [2.05, 4.69) is 10.6 Å². The zero-order valence-electron chi connectivity index (χ0n) is 16.1. The average molecular weight is 390 g/mol. The van der Waals surface area contributed by atoms with Crippen molar-refractivity contribution in [3.05, 3.63) is 95.6 Å². The molecule has 6 heteroatoms. The number of carbonyl (C=O) groups is 2. The maximum Gasteiger partial charge on any atom is 0.291 e. The summed E-state index contributed by atoms with van der Waals surface area (Å²) in [6, 6.07) is 20.2. The van der Waals surface area contributed by atoms with E-state index in [1.54, 1.807) is 43.5 Å². The highest BCUT2D eigenvalue weighted by atomic mass is 16.5. The van der Waals surface area contributed by atoms with Gasteiger partial charge in [0.2, 0.25) is 0 Å². The Balaban J connectivity index is 1.72. The van der Waals surface area contributed by atoms with Gasteiger partial charge in [-0.15, -0.1) is 0 Å². The molecule has 1 aromatic heterocycles. The Hall–Kier alpha value is -3.80. The van der Waals surface area contributed by atoms with E-state index in [1.807, 2.05) is 30.3 Å². The van der Waals surface area contributed by atoms with Crippen LogP contribution < -0.4 is 15.4 Å². The number of furan rings is 1. The molecule has 0 saturated heterocycles. The van der Waals surface area contributed by atoms with Crippen molar-refractivity contribution in [1.29, 1.82) is 0 Å². The molecule has 0 radical (unpaired) electrons. The van der Waals surface area contributed by atoms with Crippen molar-refractivity contribution in [2.75, 3.05) is 13.7 Å². The second kappa shape index (κ2) is 9.94. The van der Waals surface area contributed by atoms with Crippen LogP contribution in [0.2, 0.25) is 0 Å². The maximum absolute atomic E-state index is 12.7. The van der Waals surface area contributed by atoms with Crippen LogP contribution >= 0.6 is 0 Å². The van der Waals surface area contributed by atoms with Gasteiger partial charge in [0.1, 0.15) is 11.4 Å². The Kier molecular flexibility index (Phi) is 6.84. The van der Waals surface area contributed by atoms with Crippen molar-refractivity contribution in [1.82, 2.24) is 10.6 Å². The van der Waals surface area contributed by atoms with Gasteiger partial charge in [-0.25, -0.2) is 0 Å². The molecule has 0 saturated carbocycles. The predicted octanol–water partition coefficient (Wildman–Crippen LogP) is 3.42. The second-order valence-corrected chi connectivity index (χ2v) is 6.25.